The molecule has 2 radical (unpaired) electrons. The zero-order valence-corrected chi connectivity index (χ0v) is 6.15. The molecule has 0 aliphatic heterocycles. The molecule has 0 amide bonds. The minimum Gasteiger partial charge on any atom is -0.115 e. The molecule has 0 saturated carbocycles. The molecule has 0 aliphatic rings. The van der Waals surface area contributed by atoms with Crippen LogP contribution in [0.1, 0.15) is 13.3 Å². The van der Waals surface area contributed by atoms with E-state index in [0.717, 1.165) is 15.2 Å². The summed E-state index contributed by atoms with van der Waals surface area (Å²) in [7, 11) is 0. The van der Waals surface area contributed by atoms with Crippen LogP contribution < -0.4 is 0 Å². The van der Waals surface area contributed by atoms with Gasteiger partial charge in [0.05, 0.1) is 0 Å². The molecule has 0 N–H and O–H groups in total. The molecule has 0 aromatic carbocycles. The standard InChI is InChI=1S/C3H7.CH3.Al.Li/c1-3-2;;;/h1,3H2,2H3;1H3;;. The Labute approximate surface area is 58.6 Å². The van der Waals surface area contributed by atoms with Crippen LogP contribution >= 0.6 is 0 Å². The summed E-state index contributed by atoms with van der Waals surface area (Å²) in [6, 6.07) is 0. The molecule has 0 fully saturated rings. The van der Waals surface area contributed by atoms with E-state index in [-0.39, 0.29) is 18.9 Å². The van der Waals surface area contributed by atoms with Gasteiger partial charge < -0.3 is 0 Å². The predicted octanol–water partition coefficient (Wildman–Crippen LogP) is 1.19. The largest absolute Gasteiger partial charge is 0.195 e. The molecule has 0 spiro atoms. The molecule has 0 bridgehead atoms. The van der Waals surface area contributed by atoms with Gasteiger partial charge >= 0.3 is 0 Å². The molecule has 0 rings (SSSR count). The van der Waals surface area contributed by atoms with Crippen molar-refractivity contribution in [2.24, 2.45) is 0 Å². The second kappa shape index (κ2) is 9.46. The number of hydrogen-bond acceptors (Lipinski definition) is 0. The van der Waals surface area contributed by atoms with Gasteiger partial charge in [0.15, 0.2) is 15.2 Å². The molecule has 0 atom stereocenters. The van der Waals surface area contributed by atoms with Gasteiger partial charge in [0, 0.05) is 18.9 Å². The predicted molar refractivity (Wildman–Crippen MR) is 32.5 cm³/mol. The van der Waals surface area contributed by atoms with Gasteiger partial charge in [-0.2, -0.15) is 0 Å². The molecule has 30 valence electrons. The molecule has 0 aromatic heterocycles. The van der Waals surface area contributed by atoms with Crippen molar-refractivity contribution in [1.82, 2.24) is 0 Å². The Kier molecular flexibility index (Phi) is 16.0. The number of rotatable bonds is 2. The maximum atomic E-state index is 2.30. The Hall–Kier alpha value is 1.13. The van der Waals surface area contributed by atoms with Gasteiger partial charge in [-0.1, -0.05) is 13.3 Å². The van der Waals surface area contributed by atoms with Crippen LogP contribution in [0.25, 0.3) is 0 Å². The van der Waals surface area contributed by atoms with Crippen molar-refractivity contribution in [2.75, 3.05) is 0 Å². The molecule has 0 unspecified atom stereocenters. The summed E-state index contributed by atoms with van der Waals surface area (Å²) in [6.07, 6.45) is 1.38. The van der Waals surface area contributed by atoms with E-state index >= 15 is 0 Å². The molecule has 0 aliphatic carbocycles. The summed E-state index contributed by atoms with van der Waals surface area (Å²) in [6.45, 7) is 2.23. The molecule has 0 saturated heterocycles. The second-order valence-electron chi connectivity index (χ2n) is 1.20. The van der Waals surface area contributed by atoms with Crippen LogP contribution in [0.4, 0.5) is 0 Å². The van der Waals surface area contributed by atoms with Crippen LogP contribution in [-0.4, -0.2) is 34.1 Å². The topological polar surface area (TPSA) is 0 Å². The van der Waals surface area contributed by atoms with E-state index in [0.29, 0.717) is 0 Å². The first kappa shape index (κ1) is 10.2. The first-order chi connectivity index (χ1) is 2.41. The van der Waals surface area contributed by atoms with E-state index in [1.54, 1.807) is 0 Å². The van der Waals surface area contributed by atoms with E-state index in [2.05, 4.69) is 12.7 Å². The van der Waals surface area contributed by atoms with Crippen molar-refractivity contribution in [3.05, 3.63) is 0 Å². The fourth-order valence-electron chi connectivity index (χ4n) is 0.289. The molecular formula is C4H10AlLi. The van der Waals surface area contributed by atoms with Gasteiger partial charge in [-0.3, -0.25) is 0 Å². The summed E-state index contributed by atoms with van der Waals surface area (Å²) in [5.41, 5.74) is 0. The maximum Gasteiger partial charge on any atom is 0.195 e. The molecule has 0 aromatic rings. The Bertz CT molecular complexity index is 15.0. The summed E-state index contributed by atoms with van der Waals surface area (Å²) >= 11 is 0.786. The zero-order chi connectivity index (χ0) is 4.12. The van der Waals surface area contributed by atoms with E-state index in [1.165, 1.54) is 11.7 Å². The SMILES string of the molecule is CC[CH2][Al][CH3].[Li]. The van der Waals surface area contributed by atoms with Gasteiger partial charge in [0.25, 0.3) is 0 Å². The Balaban J connectivity index is 0. The molecule has 0 heterocycles. The minimum absolute atomic E-state index is 0. The third-order valence-electron chi connectivity index (χ3n) is 0.577. The summed E-state index contributed by atoms with van der Waals surface area (Å²) in [5, 5.41) is 1.47. The van der Waals surface area contributed by atoms with Crippen molar-refractivity contribution in [2.45, 2.75) is 24.4 Å². The Morgan fingerprint density at radius 3 is 2.00 bits per heavy atom. The summed E-state index contributed by atoms with van der Waals surface area (Å²) in [5.74, 6) is 2.30. The average molecular weight is 92.0 g/mol. The maximum absolute atomic E-state index is 2.30. The van der Waals surface area contributed by atoms with Crippen LogP contribution in [0.15, 0.2) is 0 Å². The van der Waals surface area contributed by atoms with Crippen molar-refractivity contribution in [3.8, 4) is 0 Å². The Morgan fingerprint density at radius 1 is 1.50 bits per heavy atom. The van der Waals surface area contributed by atoms with Crippen molar-refractivity contribution >= 4 is 34.1 Å². The first-order valence-corrected chi connectivity index (χ1v) is 4.16. The van der Waals surface area contributed by atoms with Crippen LogP contribution in [0.5, 0.6) is 0 Å². The van der Waals surface area contributed by atoms with Crippen LogP contribution in [0, 0.1) is 0 Å². The molecule has 0 nitrogen and oxygen atoms in total. The smallest absolute Gasteiger partial charge is 0.115 e. The number of hydrogen-bond donors (Lipinski definition) is 0. The summed E-state index contributed by atoms with van der Waals surface area (Å²) < 4.78 is 0. The Morgan fingerprint density at radius 2 is 2.00 bits per heavy atom. The fraction of sp³-hybridized carbons (Fsp3) is 1.00. The minimum atomic E-state index is 0. The summed E-state index contributed by atoms with van der Waals surface area (Å²) in [4.78, 5) is 0. The van der Waals surface area contributed by atoms with Gasteiger partial charge in [0.2, 0.25) is 0 Å². The van der Waals surface area contributed by atoms with Crippen LogP contribution in [0.3, 0.4) is 0 Å². The van der Waals surface area contributed by atoms with Gasteiger partial charge in [-0.05, 0) is 0 Å². The monoisotopic (exact) mass is 92.1 g/mol. The van der Waals surface area contributed by atoms with Crippen LogP contribution in [-0.2, 0) is 0 Å². The normalized spacial score (nSPS) is 6.33. The van der Waals surface area contributed by atoms with Gasteiger partial charge in [0.1, 0.15) is 0 Å². The van der Waals surface area contributed by atoms with Crippen LogP contribution in [0.2, 0.25) is 11.1 Å². The molecule has 2 heteroatoms. The van der Waals surface area contributed by atoms with Crippen molar-refractivity contribution in [3.63, 3.8) is 0 Å². The van der Waals surface area contributed by atoms with Gasteiger partial charge in [-0.15, -0.1) is 11.1 Å². The average Bonchev–Trinajstić information content (AvgIpc) is 1.41. The molecular weight excluding hydrogens is 82.0 g/mol. The third-order valence-corrected chi connectivity index (χ3v) is 1.73. The zero-order valence-electron chi connectivity index (χ0n) is 4.99. The van der Waals surface area contributed by atoms with E-state index in [9.17, 15) is 0 Å². The molecule has 6 heavy (non-hydrogen) atoms. The van der Waals surface area contributed by atoms with E-state index < -0.39 is 0 Å². The van der Waals surface area contributed by atoms with E-state index in [1.807, 2.05) is 0 Å². The first-order valence-electron chi connectivity index (χ1n) is 2.19. The van der Waals surface area contributed by atoms with Crippen molar-refractivity contribution < 1.29 is 0 Å². The third kappa shape index (κ3) is 8.93. The van der Waals surface area contributed by atoms with E-state index in [4.69, 9.17) is 0 Å². The van der Waals surface area contributed by atoms with Crippen molar-refractivity contribution in [1.29, 1.82) is 0 Å². The fourth-order valence-corrected chi connectivity index (χ4v) is 0.866. The second-order valence-corrected chi connectivity index (χ2v) is 2.59. The van der Waals surface area contributed by atoms with Gasteiger partial charge in [-0.25, -0.2) is 0 Å². The quantitative estimate of drug-likeness (QED) is 0.449.